The van der Waals surface area contributed by atoms with E-state index in [1.165, 1.54) is 5.56 Å². The molecule has 0 unspecified atom stereocenters. The van der Waals surface area contributed by atoms with E-state index in [4.69, 9.17) is 14.2 Å². The number of alkyl carbamates (subject to hydrolysis) is 2. The molecule has 0 heterocycles. The Morgan fingerprint density at radius 3 is 1.63 bits per heavy atom. The van der Waals surface area contributed by atoms with E-state index in [0.29, 0.717) is 18.5 Å². The second kappa shape index (κ2) is 29.1. The summed E-state index contributed by atoms with van der Waals surface area (Å²) >= 11 is 0. The SMILES string of the molecule is CCCCc1ccc(-c2ccc(NC(=O)N[C@@H](CCCNC(=O)OC(C)(C)C)C(=O)N[C@H](C(=O)N[C@@H](CC)C(=O)N[C@@H](CCCCNC(=O)OC(C)(C)C)C(=O)O)[C@@H](C)OCC(C)C)cc2)cc1. The molecule has 0 radical (unpaired) electrons. The molecule has 0 saturated carbocycles. The van der Waals surface area contributed by atoms with Crippen LogP contribution in [0.1, 0.15) is 133 Å². The minimum Gasteiger partial charge on any atom is -0.480 e. The monoisotopic (exact) mass is 954 g/mol. The average Bonchev–Trinajstić information content (AvgIpc) is 3.25. The normalized spacial score (nSPS) is 13.7. The Kier molecular flexibility index (Phi) is 24.9. The number of benzene rings is 2. The molecule has 18 nitrogen and oxygen atoms in total. The van der Waals surface area contributed by atoms with Gasteiger partial charge in [-0.25, -0.2) is 19.2 Å². The number of rotatable bonds is 27. The summed E-state index contributed by atoms with van der Waals surface area (Å²) in [6.45, 7) is 20.2. The number of unbranched alkanes of at least 4 members (excludes halogenated alkanes) is 2. The first-order valence-corrected chi connectivity index (χ1v) is 23.9. The third kappa shape index (κ3) is 23.7. The first-order chi connectivity index (χ1) is 31.9. The van der Waals surface area contributed by atoms with Gasteiger partial charge >= 0.3 is 24.2 Å². The van der Waals surface area contributed by atoms with Crippen LogP contribution in [0.4, 0.5) is 20.1 Å². The van der Waals surface area contributed by atoms with Crippen LogP contribution in [0, 0.1) is 5.92 Å². The average molecular weight is 954 g/mol. The van der Waals surface area contributed by atoms with E-state index in [1.807, 2.05) is 26.0 Å². The van der Waals surface area contributed by atoms with E-state index in [0.717, 1.165) is 30.4 Å². The summed E-state index contributed by atoms with van der Waals surface area (Å²) in [5.41, 5.74) is 2.31. The van der Waals surface area contributed by atoms with E-state index in [1.54, 1.807) is 67.5 Å². The second-order valence-electron chi connectivity index (χ2n) is 19.3. The van der Waals surface area contributed by atoms with Crippen molar-refractivity contribution >= 4 is 47.6 Å². The van der Waals surface area contributed by atoms with Gasteiger partial charge in [0.1, 0.15) is 35.4 Å². The maximum absolute atomic E-state index is 14.2. The Bertz CT molecular complexity index is 1910. The van der Waals surface area contributed by atoms with Crippen LogP contribution in [0.3, 0.4) is 0 Å². The van der Waals surface area contributed by atoms with Crippen LogP contribution in [-0.2, 0) is 39.8 Å². The highest BCUT2D eigenvalue weighted by Gasteiger charge is 2.34. The molecule has 7 amide bonds. The number of carbonyl (C=O) groups excluding carboxylic acids is 6. The highest BCUT2D eigenvalue weighted by Crippen LogP contribution is 2.23. The highest BCUT2D eigenvalue weighted by molar-refractivity contribution is 5.97. The van der Waals surface area contributed by atoms with Crippen LogP contribution in [0.5, 0.6) is 0 Å². The predicted molar refractivity (Wildman–Crippen MR) is 262 cm³/mol. The summed E-state index contributed by atoms with van der Waals surface area (Å²) in [5, 5.41) is 28.5. The lowest BCUT2D eigenvalue weighted by Crippen LogP contribution is -2.60. The molecule has 0 aliphatic heterocycles. The van der Waals surface area contributed by atoms with Gasteiger partial charge in [0.2, 0.25) is 17.7 Å². The van der Waals surface area contributed by atoms with Crippen molar-refractivity contribution in [2.75, 3.05) is 25.0 Å². The molecule has 0 aliphatic rings. The molecule has 2 aromatic carbocycles. The number of hydrogen-bond acceptors (Lipinski definition) is 10. The number of aryl methyl sites for hydroxylation is 1. The zero-order valence-electron chi connectivity index (χ0n) is 42.1. The molecule has 2 rings (SSSR count). The first-order valence-electron chi connectivity index (χ1n) is 23.9. The molecule has 18 heteroatoms. The Balaban J connectivity index is 2.24. The molecule has 2 aromatic rings. The summed E-state index contributed by atoms with van der Waals surface area (Å²) in [6.07, 6.45) is 2.24. The fraction of sp³-hybridized carbons (Fsp3) is 0.620. The van der Waals surface area contributed by atoms with Crippen LogP contribution in [0.2, 0.25) is 0 Å². The molecule has 8 N–H and O–H groups in total. The fourth-order valence-corrected chi connectivity index (χ4v) is 6.61. The number of nitrogens with one attached hydrogen (secondary N) is 7. The van der Waals surface area contributed by atoms with Gasteiger partial charge in [-0.15, -0.1) is 0 Å². The summed E-state index contributed by atoms with van der Waals surface area (Å²) in [7, 11) is 0. The quantitative estimate of drug-likeness (QED) is 0.0416. The number of amides is 7. The largest absolute Gasteiger partial charge is 0.480 e. The molecular weight excluding hydrogens is 875 g/mol. The number of ether oxygens (including phenoxy) is 3. The van der Waals surface area contributed by atoms with E-state index < -0.39 is 83.4 Å². The minimum atomic E-state index is -1.36. The number of carboxylic acids is 1. The number of hydrogen-bond donors (Lipinski definition) is 8. The molecule has 0 spiro atoms. The van der Waals surface area contributed by atoms with Gasteiger partial charge in [0.05, 0.1) is 6.10 Å². The van der Waals surface area contributed by atoms with E-state index in [9.17, 15) is 38.7 Å². The third-order valence-corrected chi connectivity index (χ3v) is 10.2. The van der Waals surface area contributed by atoms with Crippen LogP contribution in [0.25, 0.3) is 11.1 Å². The van der Waals surface area contributed by atoms with Gasteiger partial charge < -0.3 is 56.5 Å². The predicted octanol–water partition coefficient (Wildman–Crippen LogP) is 7.20. The van der Waals surface area contributed by atoms with E-state index in [-0.39, 0.29) is 51.3 Å². The summed E-state index contributed by atoms with van der Waals surface area (Å²) in [6, 6.07) is 9.87. The number of anilines is 1. The number of carbonyl (C=O) groups is 7. The number of urea groups is 1. The van der Waals surface area contributed by atoms with Crippen molar-refractivity contribution in [2.45, 2.75) is 175 Å². The lowest BCUT2D eigenvalue weighted by Gasteiger charge is -2.29. The Hall–Kier alpha value is -5.91. The minimum absolute atomic E-state index is 0.0332. The van der Waals surface area contributed by atoms with Crippen molar-refractivity contribution in [1.29, 1.82) is 0 Å². The van der Waals surface area contributed by atoms with Gasteiger partial charge in [0, 0.05) is 25.4 Å². The molecular formula is C50H79N7O11. The highest BCUT2D eigenvalue weighted by atomic mass is 16.6. The van der Waals surface area contributed by atoms with Crippen molar-refractivity contribution in [3.63, 3.8) is 0 Å². The van der Waals surface area contributed by atoms with Crippen molar-refractivity contribution in [3.05, 3.63) is 54.1 Å². The van der Waals surface area contributed by atoms with Crippen molar-refractivity contribution in [2.24, 2.45) is 5.92 Å². The van der Waals surface area contributed by atoms with Gasteiger partial charge in [-0.05, 0) is 135 Å². The smallest absolute Gasteiger partial charge is 0.407 e. The van der Waals surface area contributed by atoms with Crippen molar-refractivity contribution in [1.82, 2.24) is 31.9 Å². The lowest BCUT2D eigenvalue weighted by atomic mass is 10.0. The molecule has 0 fully saturated rings. The van der Waals surface area contributed by atoms with Crippen molar-refractivity contribution in [3.8, 4) is 11.1 Å². The van der Waals surface area contributed by atoms with Crippen LogP contribution >= 0.6 is 0 Å². The molecule has 0 aromatic heterocycles. The Labute approximate surface area is 402 Å². The molecule has 380 valence electrons. The summed E-state index contributed by atoms with van der Waals surface area (Å²) in [4.78, 5) is 91.6. The number of carboxylic acid groups (broad SMARTS) is 1. The third-order valence-electron chi connectivity index (χ3n) is 10.2. The molecule has 0 saturated heterocycles. The van der Waals surface area contributed by atoms with Gasteiger partial charge in [0.15, 0.2) is 0 Å². The molecule has 0 aliphatic carbocycles. The van der Waals surface area contributed by atoms with Gasteiger partial charge in [-0.1, -0.05) is 70.5 Å². The van der Waals surface area contributed by atoms with Gasteiger partial charge in [-0.3, -0.25) is 14.4 Å². The maximum Gasteiger partial charge on any atom is 0.407 e. The molecule has 68 heavy (non-hydrogen) atoms. The van der Waals surface area contributed by atoms with Crippen LogP contribution in [0.15, 0.2) is 48.5 Å². The topological polar surface area (TPSA) is 252 Å². The zero-order valence-corrected chi connectivity index (χ0v) is 42.1. The second-order valence-corrected chi connectivity index (χ2v) is 19.3. The first kappa shape index (κ1) is 58.2. The van der Waals surface area contributed by atoms with Crippen molar-refractivity contribution < 1.29 is 52.9 Å². The summed E-state index contributed by atoms with van der Waals surface area (Å²) < 4.78 is 16.5. The van der Waals surface area contributed by atoms with Crippen LogP contribution in [-0.4, -0.2) is 108 Å². The lowest BCUT2D eigenvalue weighted by molar-refractivity contribution is -0.142. The van der Waals surface area contributed by atoms with Gasteiger partial charge in [0.25, 0.3) is 0 Å². The fourth-order valence-electron chi connectivity index (χ4n) is 6.61. The van der Waals surface area contributed by atoms with E-state index >= 15 is 0 Å². The van der Waals surface area contributed by atoms with Crippen LogP contribution < -0.4 is 37.2 Å². The Morgan fingerprint density at radius 1 is 0.603 bits per heavy atom. The standard InChI is InChI=1S/C50H79N7O11/c1-12-14-18-34-21-23-35(24-22-34)36-25-27-37(28-26-36)53-46(63)56-39(20-17-30-52-48(65)68-50(9,10)11)43(59)57-41(33(5)66-31-32(3)4)44(60)54-38(13-2)42(58)55-40(45(61)62)19-15-16-29-51-47(64)67-49(6,7)8/h21-28,32-33,38-41H,12-20,29-31H2,1-11H3,(H,51,64)(H,52,65)(H,54,60)(H,55,58)(H,57,59)(H,61,62)(H2,53,56,63)/t33-,38+,39+,40+,41+/m1/s1. The molecule has 5 atom stereocenters. The van der Waals surface area contributed by atoms with E-state index in [2.05, 4.69) is 68.4 Å². The summed E-state index contributed by atoms with van der Waals surface area (Å²) in [5.74, 6) is -3.47. The Morgan fingerprint density at radius 2 is 1.12 bits per heavy atom. The maximum atomic E-state index is 14.2. The van der Waals surface area contributed by atoms with Gasteiger partial charge in [-0.2, -0.15) is 0 Å². The zero-order chi connectivity index (χ0) is 51.0. The number of aliphatic carboxylic acids is 1. The molecule has 0 bridgehead atoms.